The molecule has 5 heteroatoms. The summed E-state index contributed by atoms with van der Waals surface area (Å²) in [4.78, 5) is 7.94. The molecule has 0 fully saturated rings. The Morgan fingerprint density at radius 3 is 2.50 bits per heavy atom. The van der Waals surface area contributed by atoms with Crippen molar-refractivity contribution in [2.45, 2.75) is 19.4 Å². The summed E-state index contributed by atoms with van der Waals surface area (Å²) >= 11 is 0. The quantitative estimate of drug-likeness (QED) is 0.518. The van der Waals surface area contributed by atoms with E-state index in [1.54, 1.807) is 38.4 Å². The van der Waals surface area contributed by atoms with Crippen LogP contribution in [-0.2, 0) is 0 Å². The third kappa shape index (κ3) is 1.36. The average Bonchev–Trinajstić information content (AvgIpc) is 2.52. The van der Waals surface area contributed by atoms with Crippen LogP contribution in [0.1, 0.15) is 19.4 Å². The molecule has 0 spiro atoms. The molecule has 2 rings (SSSR count). The van der Waals surface area contributed by atoms with Gasteiger partial charge in [0.2, 0.25) is 0 Å². The number of pyridine rings is 1. The molecule has 0 amide bonds. The molecule has 0 atom stereocenters. The second-order valence-electron chi connectivity index (χ2n) is 3.99. The average molecular weight is 214 g/mol. The van der Waals surface area contributed by atoms with Gasteiger partial charge in [0.15, 0.2) is 5.54 Å². The van der Waals surface area contributed by atoms with Gasteiger partial charge in [-0.25, -0.2) is 4.74 Å². The van der Waals surface area contributed by atoms with Crippen molar-refractivity contribution in [2.24, 2.45) is 4.99 Å². The lowest BCUT2D eigenvalue weighted by Crippen LogP contribution is -2.37. The van der Waals surface area contributed by atoms with Gasteiger partial charge in [-0.15, -0.1) is 0 Å². The number of rotatable bonds is 1. The minimum absolute atomic E-state index is 0.231. The van der Waals surface area contributed by atoms with Gasteiger partial charge in [0.25, 0.3) is 5.71 Å². The van der Waals surface area contributed by atoms with Crippen molar-refractivity contribution in [3.05, 3.63) is 35.3 Å². The molecule has 0 saturated carbocycles. The van der Waals surface area contributed by atoms with Gasteiger partial charge in [0.05, 0.1) is 5.56 Å². The van der Waals surface area contributed by atoms with E-state index in [-0.39, 0.29) is 11.5 Å². The molecule has 0 unspecified atom stereocenters. The maximum atomic E-state index is 12.0. The number of hydrogen-bond acceptors (Lipinski definition) is 4. The number of aliphatic imine (C=N–C) groups is 1. The van der Waals surface area contributed by atoms with Crippen LogP contribution in [-0.4, -0.2) is 26.8 Å². The zero-order chi connectivity index (χ0) is 11.8. The number of hydrogen-bond donors (Lipinski definition) is 0. The molecule has 1 aliphatic rings. The van der Waals surface area contributed by atoms with Crippen LogP contribution < -0.4 is 0 Å². The third-order valence-electron chi connectivity index (χ3n) is 2.54. The van der Waals surface area contributed by atoms with Gasteiger partial charge in [-0.2, -0.15) is 5.26 Å². The molecule has 0 radical (unpaired) electrons. The number of amidine groups is 1. The van der Waals surface area contributed by atoms with Crippen LogP contribution in [0, 0.1) is 16.5 Å². The number of nitriles is 1. The second-order valence-corrected chi connectivity index (χ2v) is 3.99. The maximum Gasteiger partial charge on any atom is 0.330 e. The summed E-state index contributed by atoms with van der Waals surface area (Å²) in [5.74, 6) is 0.268. The normalized spacial score (nSPS) is 18.2. The van der Waals surface area contributed by atoms with E-state index >= 15 is 0 Å². The smallest absolute Gasteiger partial charge is 0.330 e. The van der Waals surface area contributed by atoms with Gasteiger partial charge in [-0.1, -0.05) is 0 Å². The molecule has 80 valence electrons. The number of nitrogens with zero attached hydrogens (tertiary/aromatic N) is 4. The predicted molar refractivity (Wildman–Crippen MR) is 59.1 cm³/mol. The Labute approximate surface area is 93.0 Å². The van der Waals surface area contributed by atoms with Gasteiger partial charge < -0.3 is 5.21 Å². The van der Waals surface area contributed by atoms with Crippen molar-refractivity contribution in [1.82, 2.24) is 4.98 Å². The fourth-order valence-corrected chi connectivity index (χ4v) is 1.49. The summed E-state index contributed by atoms with van der Waals surface area (Å²) in [5, 5.41) is 20.9. The lowest BCUT2D eigenvalue weighted by atomic mass is 10.0. The van der Waals surface area contributed by atoms with E-state index in [1.807, 2.05) is 6.07 Å². The molecular formula is C11H10N4O. The maximum absolute atomic E-state index is 12.0. The van der Waals surface area contributed by atoms with E-state index in [0.717, 1.165) is 4.74 Å². The Morgan fingerprint density at radius 2 is 2.00 bits per heavy atom. The van der Waals surface area contributed by atoms with Gasteiger partial charge in [0.1, 0.15) is 6.07 Å². The fourth-order valence-electron chi connectivity index (χ4n) is 1.49. The molecule has 5 nitrogen and oxygen atoms in total. The van der Waals surface area contributed by atoms with Crippen LogP contribution in [0.2, 0.25) is 0 Å². The highest BCUT2D eigenvalue weighted by atomic mass is 16.5. The van der Waals surface area contributed by atoms with Gasteiger partial charge in [-0.3, -0.25) is 4.98 Å². The first-order chi connectivity index (χ1) is 7.57. The van der Waals surface area contributed by atoms with E-state index < -0.39 is 5.54 Å². The molecule has 2 heterocycles. The molecule has 1 aliphatic heterocycles. The summed E-state index contributed by atoms with van der Waals surface area (Å²) in [7, 11) is 0. The minimum atomic E-state index is -0.895. The zero-order valence-electron chi connectivity index (χ0n) is 9.01. The Hall–Kier alpha value is -2.22. The van der Waals surface area contributed by atoms with Gasteiger partial charge in [0, 0.05) is 12.4 Å². The first-order valence-electron chi connectivity index (χ1n) is 4.81. The lowest BCUT2D eigenvalue weighted by Gasteiger charge is -2.21. The van der Waals surface area contributed by atoms with Crippen LogP contribution in [0.25, 0.3) is 0 Å². The number of hydroxylamine groups is 1. The fraction of sp³-hybridized carbons (Fsp3) is 0.273. The van der Waals surface area contributed by atoms with Crippen molar-refractivity contribution in [3.63, 3.8) is 0 Å². The van der Waals surface area contributed by atoms with Crippen LogP contribution in [0.15, 0.2) is 29.5 Å². The molecule has 0 bridgehead atoms. The molecule has 0 saturated heterocycles. The number of aromatic nitrogens is 1. The Kier molecular flexibility index (Phi) is 2.20. The highest BCUT2D eigenvalue weighted by molar-refractivity contribution is 6.16. The van der Waals surface area contributed by atoms with Crippen LogP contribution in [0.3, 0.4) is 0 Å². The molecule has 1 aromatic heterocycles. The monoisotopic (exact) mass is 214 g/mol. The lowest BCUT2D eigenvalue weighted by molar-refractivity contribution is -0.512. The van der Waals surface area contributed by atoms with Crippen LogP contribution in [0.4, 0.5) is 0 Å². The van der Waals surface area contributed by atoms with Gasteiger partial charge >= 0.3 is 5.84 Å². The van der Waals surface area contributed by atoms with Crippen molar-refractivity contribution in [2.75, 3.05) is 0 Å². The van der Waals surface area contributed by atoms with Crippen molar-refractivity contribution < 1.29 is 4.74 Å². The summed E-state index contributed by atoms with van der Waals surface area (Å²) in [6.07, 6.45) is 3.17. The molecule has 0 aromatic carbocycles. The Bertz CT molecular complexity index is 523. The predicted octanol–water partition coefficient (Wildman–Crippen LogP) is 1.10. The van der Waals surface area contributed by atoms with E-state index in [4.69, 9.17) is 5.26 Å². The Morgan fingerprint density at radius 1 is 1.38 bits per heavy atom. The first kappa shape index (κ1) is 10.3. The van der Waals surface area contributed by atoms with Crippen molar-refractivity contribution >= 4 is 11.5 Å². The second kappa shape index (κ2) is 3.42. The van der Waals surface area contributed by atoms with E-state index in [9.17, 15) is 5.21 Å². The van der Waals surface area contributed by atoms with Crippen molar-refractivity contribution in [1.29, 1.82) is 5.26 Å². The standard InChI is InChI=1S/C11H10N4O/c1-11(2)9(7-12)14-10(15(11)16)8-3-5-13-6-4-8/h3-6H,1-2H3. The molecule has 0 aliphatic carbocycles. The summed E-state index contributed by atoms with van der Waals surface area (Å²) in [6, 6.07) is 5.35. The molecule has 0 N–H and O–H groups in total. The molecule has 16 heavy (non-hydrogen) atoms. The summed E-state index contributed by atoms with van der Waals surface area (Å²) in [5.41, 5.74) is 0.00511. The van der Waals surface area contributed by atoms with Gasteiger partial charge in [-0.05, 0) is 31.0 Å². The molecular weight excluding hydrogens is 204 g/mol. The van der Waals surface area contributed by atoms with Crippen LogP contribution in [0.5, 0.6) is 0 Å². The highest BCUT2D eigenvalue weighted by Gasteiger charge is 2.42. The zero-order valence-corrected chi connectivity index (χ0v) is 9.01. The SMILES string of the molecule is CC1(C)C(C#N)=NC(c2ccncc2)=[N+]1[O-]. The summed E-state index contributed by atoms with van der Waals surface area (Å²) in [6.45, 7) is 3.35. The van der Waals surface area contributed by atoms with Crippen molar-refractivity contribution in [3.8, 4) is 6.07 Å². The Balaban J connectivity index is 2.56. The van der Waals surface area contributed by atoms with E-state index in [1.165, 1.54) is 0 Å². The summed E-state index contributed by atoms with van der Waals surface area (Å²) < 4.78 is 0.765. The minimum Gasteiger partial charge on any atom is -0.714 e. The van der Waals surface area contributed by atoms with E-state index in [0.29, 0.717) is 5.56 Å². The van der Waals surface area contributed by atoms with E-state index in [2.05, 4.69) is 9.98 Å². The topological polar surface area (TPSA) is 75.1 Å². The third-order valence-corrected chi connectivity index (χ3v) is 2.54. The highest BCUT2D eigenvalue weighted by Crippen LogP contribution is 2.20. The molecule has 1 aromatic rings. The largest absolute Gasteiger partial charge is 0.714 e. The first-order valence-corrected chi connectivity index (χ1v) is 4.81. The van der Waals surface area contributed by atoms with Crippen LogP contribution >= 0.6 is 0 Å².